The maximum absolute atomic E-state index is 16.0. The van der Waals surface area contributed by atoms with Gasteiger partial charge in [0.2, 0.25) is 17.8 Å². The molecule has 21 heterocycles. The number of ketones is 3. The van der Waals surface area contributed by atoms with Gasteiger partial charge < -0.3 is 83.7 Å². The summed E-state index contributed by atoms with van der Waals surface area (Å²) >= 11 is 19.3. The first-order chi connectivity index (χ1) is 63.9. The molecule has 0 aliphatic carbocycles. The average molecular weight is 2100 g/mol. The standard InChI is InChI=1S/2C20H21F2N9O11P2S.C20H21F2N9O10P2S2/c2*21-9-7-3-37-43(34,35)41-13-8(40-18(10(13)22)31-15-11(28-29-31)6(32)1-2-24-15)4-38-44(36,45)42-14(9)19(39-7)30-5-25-12-16(30)26-20(23)27-17(12)33;21-9-7-3-36-42(34,44)40-13-8(39-18(10(13)22)30-5-25-11-6(32)1-2-24-15(11)30)4-37-43(35,45)41-14(9)19(38-7)31-16-12(28-29-31)17(33)27-20(23)26-16/h2*2,5,7-10,13-14,18-19H,1,3-4H2,(H,34,35)(H,36,45)(H3,23,26,27,33);2,5,7-10,13-14,18-19H,1,3-4H2,(H,34,44)(H,35,45)(H3,23,26,27,33)/t2*7-,8-,9-,10+,13-,14-,18-,19-,44?;7-,8-,9+,10+,13-,14-,18-,19-,42?,43?/m111/s1. The van der Waals surface area contributed by atoms with Crippen LogP contribution in [0.4, 0.5) is 61.6 Å². The van der Waals surface area contributed by atoms with E-state index in [0.29, 0.717) is 0 Å². The van der Waals surface area contributed by atoms with Gasteiger partial charge in [0.25, 0.3) is 16.7 Å². The molecule has 135 heavy (non-hydrogen) atoms. The number of rotatable bonds is 6. The minimum Gasteiger partial charge on any atom is -0.369 e. The van der Waals surface area contributed by atoms with Crippen molar-refractivity contribution in [2.75, 3.05) is 56.8 Å². The second-order valence-electron chi connectivity index (χ2n) is 30.3. The van der Waals surface area contributed by atoms with Crippen molar-refractivity contribution in [3.8, 4) is 0 Å². The minimum absolute atomic E-state index is 0.0101. The number of alkyl halides is 6. The van der Waals surface area contributed by atoms with Crippen LogP contribution in [0.25, 0.3) is 33.5 Å². The van der Waals surface area contributed by atoms with E-state index in [0.717, 1.165) is 42.2 Å². The van der Waals surface area contributed by atoms with Gasteiger partial charge in [0, 0.05) is 37.9 Å². The predicted molar refractivity (Wildman–Crippen MR) is 443 cm³/mol. The zero-order chi connectivity index (χ0) is 95.5. The van der Waals surface area contributed by atoms with Gasteiger partial charge in [-0.3, -0.25) is 98.1 Å². The van der Waals surface area contributed by atoms with Crippen molar-refractivity contribution >= 4 is 195 Å². The van der Waals surface area contributed by atoms with E-state index in [2.05, 4.69) is 103 Å². The number of nitrogen functional groups attached to an aromatic ring is 3. The number of carbonyl (C=O) groups is 3. The third-order valence-corrected chi connectivity index (χ3v) is 30.0. The Bertz CT molecular complexity index is 6250. The lowest BCUT2D eigenvalue weighted by molar-refractivity contribution is -0.0648. The molecule has 6 unspecified atom stereocenters. The summed E-state index contributed by atoms with van der Waals surface area (Å²) in [7, 11) is -10.4. The summed E-state index contributed by atoms with van der Waals surface area (Å²) < 4.78 is 238. The van der Waals surface area contributed by atoms with Gasteiger partial charge in [0.1, 0.15) is 73.2 Å². The molecule has 0 amide bonds. The van der Waals surface area contributed by atoms with Crippen molar-refractivity contribution in [3.63, 3.8) is 0 Å². The molecule has 0 saturated carbocycles. The second kappa shape index (κ2) is 36.3. The van der Waals surface area contributed by atoms with Crippen molar-refractivity contribution in [1.82, 2.24) is 104 Å². The number of Topliss-reactive ketones (excluding diaryl/α,β-unsaturated/α-hetero) is 3. The van der Waals surface area contributed by atoms with Gasteiger partial charge in [-0.2, -0.15) is 29.0 Å². The number of imidazole rings is 3. The number of carbonyl (C=O) groups excluding carboxylic acids is 3. The summed E-state index contributed by atoms with van der Waals surface area (Å²) in [6, 6.07) is 0. The Balaban J connectivity index is 0.000000130. The summed E-state index contributed by atoms with van der Waals surface area (Å²) in [5.41, 5.74) is 13.4. The number of fused-ring (bicyclic) bond motifs is 15. The van der Waals surface area contributed by atoms with Crippen LogP contribution in [0.5, 0.6) is 0 Å². The van der Waals surface area contributed by atoms with Crippen LogP contribution in [-0.2, 0) is 132 Å². The van der Waals surface area contributed by atoms with Gasteiger partial charge in [-0.1, -0.05) is 27.9 Å². The molecule has 9 aromatic heterocycles. The van der Waals surface area contributed by atoms with Crippen molar-refractivity contribution in [2.45, 2.75) is 167 Å². The summed E-state index contributed by atoms with van der Waals surface area (Å²) in [5.74, 6) is -2.29. The number of hydrogen-bond acceptors (Lipinski definition) is 48. The molecular weight excluding hydrogens is 2040 g/mol. The van der Waals surface area contributed by atoms with Crippen LogP contribution < -0.4 is 33.9 Å². The Hall–Kier alpha value is -8.46. The van der Waals surface area contributed by atoms with E-state index in [9.17, 15) is 66.9 Å². The number of nitrogens with two attached hydrogens (primary N) is 3. The lowest BCUT2D eigenvalue weighted by Crippen LogP contribution is -2.34. The second-order valence-corrected chi connectivity index (χ2v) is 44.4. The zero-order valence-corrected chi connectivity index (χ0v) is 75.4. The van der Waals surface area contributed by atoms with Crippen molar-refractivity contribution in [2.24, 2.45) is 15.0 Å². The number of phosphoric acid groups is 2. The van der Waals surface area contributed by atoms with E-state index in [1.54, 1.807) is 0 Å². The summed E-state index contributed by atoms with van der Waals surface area (Å²) in [4.78, 5) is 170. The quantitative estimate of drug-likeness (QED) is 0.0616. The SMILES string of the molecule is Nc1nc2c(ncn2[C@@H]2O[C@@H]3COP(=O)(O)O[C@H]4[C@H](F)[C@H](n5nnc6c5N=CCC6=O)O[C@@H]4COP(=O)(S)O[C@@H]2[C@@H]3F)c(=O)[nH]1.Nc1nc2c(ncn2[C@@H]2O[C@@H]3COP(=O)(O)O[C@H]4[C@H](F)[C@H](n5nnc6c5N=CCC6=O)O[C@@H]4COP(O)(=S)O[C@@H]2[C@@H]3F)c(=O)[nH]1.Nc1nc2c(nnn2[C@@H]2O[C@@H]3COP(O)(=S)O[C@H]4[C@H](F)[C@H](n5cnc6c5N=CCC6=O)O[C@@H]4COP(O)(=S)O[C@@H]2[C@H]3F)c(=O)[nH]1. The van der Waals surface area contributed by atoms with Gasteiger partial charge in [-0.25, -0.2) is 70.0 Å². The van der Waals surface area contributed by atoms with E-state index in [1.165, 1.54) is 23.2 Å². The van der Waals surface area contributed by atoms with E-state index in [4.69, 9.17) is 135 Å². The molecular formula is C60H63F6N27O32P6S4. The number of nitrogens with one attached hydrogen (secondary N) is 3. The van der Waals surface area contributed by atoms with Crippen LogP contribution in [0, 0.1) is 0 Å². The van der Waals surface area contributed by atoms with E-state index < -0.39 is 258 Å². The molecule has 30 atom stereocenters. The van der Waals surface area contributed by atoms with E-state index in [1.807, 2.05) is 0 Å². The van der Waals surface area contributed by atoms with Gasteiger partial charge in [0.15, 0.2) is 160 Å². The highest BCUT2D eigenvalue weighted by molar-refractivity contribution is 8.44. The molecule has 726 valence electrons. The molecule has 0 spiro atoms. The first-order valence-electron chi connectivity index (χ1n) is 38.9. The fraction of sp³-hybridized carbons (Fsp3) is 0.550. The number of aromatic nitrogens is 21. The van der Waals surface area contributed by atoms with Crippen LogP contribution in [0.1, 0.15) is 88.1 Å². The normalized spacial score (nSPS) is 38.8. The first kappa shape index (κ1) is 95.5. The van der Waals surface area contributed by atoms with Gasteiger partial charge >= 0.3 is 42.6 Å². The van der Waals surface area contributed by atoms with Gasteiger partial charge in [-0.05, 0) is 35.4 Å². The zero-order valence-electron chi connectivity index (χ0n) is 66.7. The Morgan fingerprint density at radius 2 is 0.726 bits per heavy atom. The van der Waals surface area contributed by atoms with Crippen LogP contribution >= 0.6 is 54.8 Å². The summed E-state index contributed by atoms with van der Waals surface area (Å²) in [6.07, 6.45) is -35.7. The van der Waals surface area contributed by atoms with Gasteiger partial charge in [-0.15, -0.1) is 15.3 Å². The highest BCUT2D eigenvalue weighted by Gasteiger charge is 2.60. The molecule has 75 heteroatoms. The number of ether oxygens (including phenoxy) is 6. The Morgan fingerprint density at radius 1 is 0.378 bits per heavy atom. The third-order valence-electron chi connectivity index (χ3n) is 21.7. The fourth-order valence-corrected chi connectivity index (χ4v) is 23.3. The number of aromatic amines is 3. The van der Waals surface area contributed by atoms with Crippen LogP contribution in [-0.4, -0.2) is 314 Å². The van der Waals surface area contributed by atoms with Crippen LogP contribution in [0.15, 0.2) is 48.3 Å². The predicted octanol–water partition coefficient (Wildman–Crippen LogP) is 0.600. The van der Waals surface area contributed by atoms with E-state index >= 15 is 26.3 Å². The van der Waals surface area contributed by atoms with E-state index in [-0.39, 0.29) is 111 Å². The molecule has 12 aliphatic heterocycles. The smallest absolute Gasteiger partial charge is 0.369 e. The maximum atomic E-state index is 16.0. The molecule has 6 bridgehead atoms. The van der Waals surface area contributed by atoms with Crippen LogP contribution in [0.2, 0.25) is 0 Å². The van der Waals surface area contributed by atoms with Crippen molar-refractivity contribution in [1.29, 1.82) is 0 Å². The molecule has 12 aliphatic rings. The number of nitrogens with zero attached hydrogens (tertiary/aromatic N) is 21. The fourth-order valence-electron chi connectivity index (χ4n) is 15.7. The first-order valence-corrected chi connectivity index (χ1v) is 52.3. The molecule has 9 fully saturated rings. The highest BCUT2D eigenvalue weighted by atomic mass is 32.7. The number of hydrogen-bond donors (Lipinski definition) is 12. The number of anilines is 3. The lowest BCUT2D eigenvalue weighted by atomic mass is 10.1. The average Bonchev–Trinajstić information content (AvgIpc) is 1.62. The lowest BCUT2D eigenvalue weighted by Gasteiger charge is -2.27. The monoisotopic (exact) mass is 2100 g/mol. The number of H-pyrrole nitrogens is 3. The Morgan fingerprint density at radius 3 is 1.20 bits per heavy atom. The van der Waals surface area contributed by atoms with Crippen molar-refractivity contribution in [3.05, 3.63) is 67.1 Å². The topological polar surface area (TPSA) is 768 Å². The third kappa shape index (κ3) is 18.5. The summed E-state index contributed by atoms with van der Waals surface area (Å²) in [6.45, 7) is -22.7. The molecule has 59 nitrogen and oxygen atoms in total. The molecule has 0 radical (unpaired) electrons. The summed E-state index contributed by atoms with van der Waals surface area (Å²) in [5, 5.41) is 22.5. The Kier molecular flexibility index (Phi) is 25.7. The Labute approximate surface area is 762 Å². The molecule has 9 saturated heterocycles. The number of thiol groups is 1. The highest BCUT2D eigenvalue weighted by Crippen LogP contribution is 2.62. The number of phosphoric ester groups is 2. The number of halogens is 6. The molecule has 21 rings (SSSR count). The molecule has 14 N–H and O–H groups in total. The minimum atomic E-state index is -5.19. The van der Waals surface area contributed by atoms with Crippen LogP contribution in [0.3, 0.4) is 0 Å². The number of aliphatic imine (C=N–C) groups is 3. The largest absolute Gasteiger partial charge is 0.472 e. The molecule has 0 aromatic carbocycles. The van der Waals surface area contributed by atoms with Crippen molar-refractivity contribution < 1.29 is 162 Å². The maximum Gasteiger partial charge on any atom is 0.472 e. The molecule has 9 aromatic rings. The van der Waals surface area contributed by atoms with Gasteiger partial charge in [0.05, 0.1) is 58.6 Å².